The van der Waals surface area contributed by atoms with E-state index in [4.69, 9.17) is 11.6 Å². The maximum atomic E-state index is 6.37. The summed E-state index contributed by atoms with van der Waals surface area (Å²) in [6, 6.07) is 15.1. The average molecular weight is 381 g/mol. The summed E-state index contributed by atoms with van der Waals surface area (Å²) in [7, 11) is 0. The van der Waals surface area contributed by atoms with Gasteiger partial charge in [-0.1, -0.05) is 71.1 Å². The Morgan fingerprint density at radius 1 is 1.14 bits per heavy atom. The van der Waals surface area contributed by atoms with Crippen LogP contribution in [0.1, 0.15) is 37.3 Å². The summed E-state index contributed by atoms with van der Waals surface area (Å²) < 4.78 is 1.03. The summed E-state index contributed by atoms with van der Waals surface area (Å²) in [6.45, 7) is 4.34. The second kappa shape index (κ2) is 8.59. The number of nitrogens with one attached hydrogen (secondary N) is 1. The van der Waals surface area contributed by atoms with E-state index in [2.05, 4.69) is 71.5 Å². The van der Waals surface area contributed by atoms with Crippen molar-refractivity contribution >= 4 is 33.2 Å². The molecule has 22 heavy (non-hydrogen) atoms. The van der Waals surface area contributed by atoms with Crippen molar-refractivity contribution in [3.05, 3.63) is 63.1 Å². The molecule has 0 bridgehead atoms. The van der Waals surface area contributed by atoms with Crippen LogP contribution in [0.15, 0.2) is 46.9 Å². The number of benzene rings is 2. The maximum absolute atomic E-state index is 6.37. The normalized spacial score (nSPS) is 12.2. The third-order valence-corrected chi connectivity index (χ3v) is 4.66. The van der Waals surface area contributed by atoms with Crippen molar-refractivity contribution < 1.29 is 0 Å². The number of hydrogen-bond donors (Lipinski definition) is 1. The molecule has 0 aliphatic carbocycles. The van der Waals surface area contributed by atoms with Gasteiger partial charge in [-0.15, -0.1) is 0 Å². The van der Waals surface area contributed by atoms with Crippen LogP contribution in [0.25, 0.3) is 0 Å². The van der Waals surface area contributed by atoms with Gasteiger partial charge in [0, 0.05) is 21.2 Å². The van der Waals surface area contributed by atoms with Gasteiger partial charge in [-0.25, -0.2) is 0 Å². The molecule has 1 atom stereocenters. The average Bonchev–Trinajstić information content (AvgIpc) is 2.49. The van der Waals surface area contributed by atoms with Crippen molar-refractivity contribution in [2.45, 2.75) is 45.6 Å². The lowest BCUT2D eigenvalue weighted by Crippen LogP contribution is -2.22. The Bertz CT molecular complexity index is 595. The number of hydrogen-bond acceptors (Lipinski definition) is 1. The molecule has 1 N–H and O–H groups in total. The van der Waals surface area contributed by atoms with Crippen LogP contribution in [-0.4, -0.2) is 6.04 Å². The van der Waals surface area contributed by atoms with Gasteiger partial charge in [0.15, 0.2) is 0 Å². The van der Waals surface area contributed by atoms with Crippen LogP contribution in [0.5, 0.6) is 0 Å². The maximum Gasteiger partial charge on any atom is 0.0449 e. The second-order valence-corrected chi connectivity index (χ2v) is 7.11. The molecule has 0 saturated heterocycles. The van der Waals surface area contributed by atoms with Crippen molar-refractivity contribution in [2.24, 2.45) is 0 Å². The monoisotopic (exact) mass is 379 g/mol. The molecule has 1 unspecified atom stereocenters. The van der Waals surface area contributed by atoms with E-state index in [-0.39, 0.29) is 0 Å². The lowest BCUT2D eigenvalue weighted by molar-refractivity contribution is 0.605. The molecule has 0 radical (unpaired) electrons. The first-order chi connectivity index (χ1) is 10.6. The van der Waals surface area contributed by atoms with Gasteiger partial charge in [0.25, 0.3) is 0 Å². The summed E-state index contributed by atoms with van der Waals surface area (Å²) >= 11 is 9.84. The fourth-order valence-electron chi connectivity index (χ4n) is 2.51. The van der Waals surface area contributed by atoms with Gasteiger partial charge in [0.2, 0.25) is 0 Å². The highest BCUT2D eigenvalue weighted by Crippen LogP contribution is 2.24. The lowest BCUT2D eigenvalue weighted by atomic mass is 10.0. The van der Waals surface area contributed by atoms with E-state index in [0.717, 1.165) is 22.3 Å². The predicted octanol–water partition coefficient (Wildman–Crippen LogP) is 6.62. The zero-order chi connectivity index (χ0) is 15.9. The van der Waals surface area contributed by atoms with Crippen molar-refractivity contribution in [1.29, 1.82) is 0 Å². The van der Waals surface area contributed by atoms with Gasteiger partial charge in [-0.2, -0.15) is 0 Å². The number of unbranched alkanes of at least 4 members (excludes halogenated alkanes) is 1. The molecule has 0 aliphatic rings. The summed E-state index contributed by atoms with van der Waals surface area (Å²) in [5.41, 5.74) is 3.66. The minimum Gasteiger partial charge on any atom is -0.382 e. The minimum absolute atomic E-state index is 0.404. The smallest absolute Gasteiger partial charge is 0.0449 e. The Kier molecular flexibility index (Phi) is 6.78. The van der Waals surface area contributed by atoms with E-state index in [1.165, 1.54) is 29.7 Å². The molecular formula is C19H23BrClN. The highest BCUT2D eigenvalue weighted by atomic mass is 79.9. The molecule has 2 aromatic rings. The van der Waals surface area contributed by atoms with Crippen molar-refractivity contribution in [2.75, 3.05) is 5.32 Å². The number of aryl methyl sites for hydroxylation is 1. The Morgan fingerprint density at radius 3 is 2.50 bits per heavy atom. The zero-order valence-electron chi connectivity index (χ0n) is 13.2. The van der Waals surface area contributed by atoms with Gasteiger partial charge < -0.3 is 5.32 Å². The molecule has 2 rings (SSSR count). The van der Waals surface area contributed by atoms with E-state index in [9.17, 15) is 0 Å². The first-order valence-electron chi connectivity index (χ1n) is 7.85. The van der Waals surface area contributed by atoms with E-state index in [1.807, 2.05) is 6.07 Å². The quantitative estimate of drug-likeness (QED) is 0.568. The van der Waals surface area contributed by atoms with Crippen LogP contribution in [0.4, 0.5) is 5.69 Å². The lowest BCUT2D eigenvalue weighted by Gasteiger charge is -2.21. The molecule has 0 amide bonds. The van der Waals surface area contributed by atoms with E-state index >= 15 is 0 Å². The van der Waals surface area contributed by atoms with Gasteiger partial charge in [0.05, 0.1) is 0 Å². The Hall–Kier alpha value is -0.990. The number of rotatable bonds is 7. The molecule has 118 valence electrons. The standard InChI is InChI=1S/C19H23BrClN/c1-3-4-5-18(22-17-10-6-14(2)7-11-17)12-15-8-9-16(20)13-19(15)21/h6-11,13,18,22H,3-5,12H2,1-2H3. The Balaban J connectivity index is 2.09. The van der Waals surface area contributed by atoms with Crippen LogP contribution in [0.3, 0.4) is 0 Å². The first kappa shape index (κ1) is 17.4. The van der Waals surface area contributed by atoms with Gasteiger partial charge in [-0.05, 0) is 49.6 Å². The van der Waals surface area contributed by atoms with Crippen molar-refractivity contribution in [3.63, 3.8) is 0 Å². The van der Waals surface area contributed by atoms with Crippen LogP contribution in [0.2, 0.25) is 5.02 Å². The summed E-state index contributed by atoms with van der Waals surface area (Å²) in [5.74, 6) is 0. The molecule has 0 saturated carbocycles. The van der Waals surface area contributed by atoms with E-state index in [1.54, 1.807) is 0 Å². The van der Waals surface area contributed by atoms with E-state index in [0.29, 0.717) is 6.04 Å². The number of anilines is 1. The predicted molar refractivity (Wildman–Crippen MR) is 101 cm³/mol. The number of halogens is 2. The third kappa shape index (κ3) is 5.33. The molecule has 0 aromatic heterocycles. The molecule has 2 aromatic carbocycles. The SMILES string of the molecule is CCCCC(Cc1ccc(Br)cc1Cl)Nc1ccc(C)cc1. The molecule has 0 aliphatic heterocycles. The Morgan fingerprint density at radius 2 is 1.86 bits per heavy atom. The molecule has 3 heteroatoms. The van der Waals surface area contributed by atoms with Crippen molar-refractivity contribution in [1.82, 2.24) is 0 Å². The Labute approximate surface area is 147 Å². The molecule has 1 nitrogen and oxygen atoms in total. The molecule has 0 spiro atoms. The van der Waals surface area contributed by atoms with Crippen LogP contribution in [-0.2, 0) is 6.42 Å². The van der Waals surface area contributed by atoms with Crippen LogP contribution >= 0.6 is 27.5 Å². The minimum atomic E-state index is 0.404. The van der Waals surface area contributed by atoms with Crippen LogP contribution in [0, 0.1) is 6.92 Å². The highest BCUT2D eigenvalue weighted by Gasteiger charge is 2.12. The zero-order valence-corrected chi connectivity index (χ0v) is 15.5. The van der Waals surface area contributed by atoms with E-state index < -0.39 is 0 Å². The summed E-state index contributed by atoms with van der Waals surface area (Å²) in [6.07, 6.45) is 4.52. The first-order valence-corrected chi connectivity index (χ1v) is 9.02. The third-order valence-electron chi connectivity index (χ3n) is 3.81. The molecular weight excluding hydrogens is 358 g/mol. The largest absolute Gasteiger partial charge is 0.382 e. The van der Waals surface area contributed by atoms with Crippen LogP contribution < -0.4 is 5.32 Å². The second-order valence-electron chi connectivity index (χ2n) is 5.79. The topological polar surface area (TPSA) is 12.0 Å². The summed E-state index contributed by atoms with van der Waals surface area (Å²) in [4.78, 5) is 0. The van der Waals surface area contributed by atoms with Gasteiger partial charge >= 0.3 is 0 Å². The van der Waals surface area contributed by atoms with Crippen molar-refractivity contribution in [3.8, 4) is 0 Å². The molecule has 0 heterocycles. The fourth-order valence-corrected chi connectivity index (χ4v) is 3.26. The molecule has 0 fully saturated rings. The van der Waals surface area contributed by atoms with Gasteiger partial charge in [0.1, 0.15) is 0 Å². The fraction of sp³-hybridized carbons (Fsp3) is 0.368. The highest BCUT2D eigenvalue weighted by molar-refractivity contribution is 9.10. The van der Waals surface area contributed by atoms with Gasteiger partial charge in [-0.3, -0.25) is 0 Å². The summed E-state index contributed by atoms with van der Waals surface area (Å²) in [5, 5.41) is 4.50.